The van der Waals surface area contributed by atoms with Crippen LogP contribution in [0, 0.1) is 0 Å². The summed E-state index contributed by atoms with van der Waals surface area (Å²) in [6.45, 7) is 0. The van der Waals surface area contributed by atoms with Crippen LogP contribution < -0.4 is 4.74 Å². The van der Waals surface area contributed by atoms with Crippen LogP contribution in [0.4, 0.5) is 4.79 Å². The molecule has 0 N–H and O–H groups in total. The van der Waals surface area contributed by atoms with Crippen molar-refractivity contribution in [1.29, 1.82) is 0 Å². The fourth-order valence-electron chi connectivity index (χ4n) is 1.60. The van der Waals surface area contributed by atoms with Crippen LogP contribution in [0.2, 0.25) is 0 Å². The first-order valence-electron chi connectivity index (χ1n) is 5.19. The summed E-state index contributed by atoms with van der Waals surface area (Å²) >= 11 is 0. The highest BCUT2D eigenvalue weighted by molar-refractivity contribution is 7.91. The molecule has 1 aromatic rings. The van der Waals surface area contributed by atoms with Gasteiger partial charge in [-0.15, -0.1) is 0 Å². The minimum Gasteiger partial charge on any atom is -0.430 e. The van der Waals surface area contributed by atoms with Gasteiger partial charge in [0.05, 0.1) is 11.5 Å². The lowest BCUT2D eigenvalue weighted by molar-refractivity contribution is 0.0686. The maximum Gasteiger partial charge on any atom is 0.514 e. The Bertz CT molecular complexity index is 494. The topological polar surface area (TPSA) is 69.7 Å². The van der Waals surface area contributed by atoms with Gasteiger partial charge in [-0.1, -0.05) is 18.2 Å². The average molecular weight is 256 g/mol. The molecule has 17 heavy (non-hydrogen) atoms. The highest BCUT2D eigenvalue weighted by Gasteiger charge is 2.31. The molecule has 0 bridgehead atoms. The van der Waals surface area contributed by atoms with Crippen molar-refractivity contribution in [2.24, 2.45) is 0 Å². The number of hydrogen-bond acceptors (Lipinski definition) is 5. The largest absolute Gasteiger partial charge is 0.514 e. The van der Waals surface area contributed by atoms with E-state index < -0.39 is 22.1 Å². The second-order valence-electron chi connectivity index (χ2n) is 3.81. The van der Waals surface area contributed by atoms with Gasteiger partial charge in [-0.2, -0.15) is 0 Å². The van der Waals surface area contributed by atoms with E-state index in [9.17, 15) is 13.2 Å². The molecule has 0 saturated carbocycles. The molecule has 2 rings (SSSR count). The highest BCUT2D eigenvalue weighted by atomic mass is 32.2. The van der Waals surface area contributed by atoms with E-state index in [0.29, 0.717) is 12.2 Å². The van der Waals surface area contributed by atoms with Crippen LogP contribution in [0.3, 0.4) is 0 Å². The zero-order valence-electron chi connectivity index (χ0n) is 9.03. The lowest BCUT2D eigenvalue weighted by Crippen LogP contribution is -2.21. The predicted octanol–water partition coefficient (Wildman–Crippen LogP) is 1.39. The van der Waals surface area contributed by atoms with Gasteiger partial charge in [0.15, 0.2) is 9.84 Å². The first-order chi connectivity index (χ1) is 8.05. The third-order valence-electron chi connectivity index (χ3n) is 2.40. The van der Waals surface area contributed by atoms with Gasteiger partial charge in [0, 0.05) is 0 Å². The fraction of sp³-hybridized carbons (Fsp3) is 0.364. The molecule has 1 aromatic carbocycles. The van der Waals surface area contributed by atoms with Crippen molar-refractivity contribution < 1.29 is 22.7 Å². The zero-order chi connectivity index (χ0) is 12.3. The molecule has 5 nitrogen and oxygen atoms in total. The van der Waals surface area contributed by atoms with Crippen LogP contribution in [-0.2, 0) is 14.6 Å². The molecule has 1 aliphatic rings. The molecule has 0 radical (unpaired) electrons. The molecule has 6 heteroatoms. The summed E-state index contributed by atoms with van der Waals surface area (Å²) in [6.07, 6.45) is -1.11. The van der Waals surface area contributed by atoms with E-state index in [1.807, 2.05) is 0 Å². The van der Waals surface area contributed by atoms with Crippen molar-refractivity contribution in [1.82, 2.24) is 0 Å². The van der Waals surface area contributed by atoms with E-state index in [0.717, 1.165) is 0 Å². The fourth-order valence-corrected chi connectivity index (χ4v) is 3.19. The third-order valence-corrected chi connectivity index (χ3v) is 4.14. The molecule has 1 fully saturated rings. The monoisotopic (exact) mass is 256 g/mol. The summed E-state index contributed by atoms with van der Waals surface area (Å²) in [7, 11) is -3.05. The Kier molecular flexibility index (Phi) is 3.33. The van der Waals surface area contributed by atoms with E-state index >= 15 is 0 Å². The molecular formula is C11H12O5S. The molecule has 0 aromatic heterocycles. The molecule has 0 amide bonds. The predicted molar refractivity (Wildman–Crippen MR) is 60.6 cm³/mol. The van der Waals surface area contributed by atoms with Crippen molar-refractivity contribution in [2.45, 2.75) is 12.5 Å². The Balaban J connectivity index is 1.87. The maximum absolute atomic E-state index is 11.3. The second kappa shape index (κ2) is 4.75. The van der Waals surface area contributed by atoms with Gasteiger partial charge < -0.3 is 9.47 Å². The molecule has 1 heterocycles. The number of sulfone groups is 1. The number of ether oxygens (including phenoxy) is 2. The Morgan fingerprint density at radius 3 is 2.53 bits per heavy atom. The Hall–Kier alpha value is -1.56. The van der Waals surface area contributed by atoms with Crippen LogP contribution in [0.25, 0.3) is 0 Å². The minimum atomic E-state index is -3.05. The summed E-state index contributed by atoms with van der Waals surface area (Å²) < 4.78 is 32.1. The summed E-state index contributed by atoms with van der Waals surface area (Å²) in [6, 6.07) is 8.48. The number of carbonyl (C=O) groups is 1. The SMILES string of the molecule is O=C(Oc1ccccc1)O[C@H]1CCS(=O)(=O)C1. The van der Waals surface area contributed by atoms with Crippen molar-refractivity contribution in [3.8, 4) is 5.75 Å². The lowest BCUT2D eigenvalue weighted by atomic mass is 10.3. The average Bonchev–Trinajstić information content (AvgIpc) is 2.59. The van der Waals surface area contributed by atoms with Crippen molar-refractivity contribution >= 4 is 16.0 Å². The van der Waals surface area contributed by atoms with Crippen molar-refractivity contribution in [3.63, 3.8) is 0 Å². The lowest BCUT2D eigenvalue weighted by Gasteiger charge is -2.09. The summed E-state index contributed by atoms with van der Waals surface area (Å²) in [5.74, 6) is 0.325. The smallest absolute Gasteiger partial charge is 0.430 e. The minimum absolute atomic E-state index is 0.0658. The molecule has 1 saturated heterocycles. The number of carbonyl (C=O) groups excluding carboxylic acids is 1. The first-order valence-corrected chi connectivity index (χ1v) is 7.01. The Morgan fingerprint density at radius 1 is 1.24 bits per heavy atom. The van der Waals surface area contributed by atoms with Crippen molar-refractivity contribution in [3.05, 3.63) is 30.3 Å². The standard InChI is InChI=1S/C11H12O5S/c12-11(15-9-4-2-1-3-5-9)16-10-6-7-17(13,14)8-10/h1-5,10H,6-8H2/t10-/m0/s1. The van der Waals surface area contributed by atoms with E-state index in [4.69, 9.17) is 9.47 Å². The van der Waals surface area contributed by atoms with Crippen molar-refractivity contribution in [2.75, 3.05) is 11.5 Å². The maximum atomic E-state index is 11.3. The van der Waals surface area contributed by atoms with Crippen LogP contribution >= 0.6 is 0 Å². The molecule has 1 atom stereocenters. The third kappa shape index (κ3) is 3.45. The molecule has 0 aliphatic carbocycles. The van der Waals surface area contributed by atoms with Gasteiger partial charge in [-0.05, 0) is 18.6 Å². The number of para-hydroxylation sites is 1. The first kappa shape index (κ1) is 11.9. The molecule has 92 valence electrons. The number of benzene rings is 1. The van der Waals surface area contributed by atoms with Gasteiger partial charge in [0.1, 0.15) is 11.9 Å². The Morgan fingerprint density at radius 2 is 1.94 bits per heavy atom. The summed E-state index contributed by atoms with van der Waals surface area (Å²) in [4.78, 5) is 11.3. The molecule has 0 unspecified atom stereocenters. The van der Waals surface area contributed by atoms with E-state index in [-0.39, 0.29) is 11.5 Å². The van der Waals surface area contributed by atoms with Crippen LogP contribution in [-0.4, -0.2) is 32.2 Å². The highest BCUT2D eigenvalue weighted by Crippen LogP contribution is 2.16. The van der Waals surface area contributed by atoms with Gasteiger partial charge in [0.2, 0.25) is 0 Å². The quantitative estimate of drug-likeness (QED) is 0.590. The zero-order valence-corrected chi connectivity index (χ0v) is 9.85. The summed E-state index contributed by atoms with van der Waals surface area (Å²) in [5, 5.41) is 0. The Labute approximate surface area is 99.3 Å². The number of hydrogen-bond donors (Lipinski definition) is 0. The molecular weight excluding hydrogens is 244 g/mol. The van der Waals surface area contributed by atoms with E-state index in [2.05, 4.69) is 0 Å². The summed E-state index contributed by atoms with van der Waals surface area (Å²) in [5.41, 5.74) is 0. The number of rotatable bonds is 2. The van der Waals surface area contributed by atoms with E-state index in [1.165, 1.54) is 0 Å². The normalized spacial score (nSPS) is 22.0. The van der Waals surface area contributed by atoms with Gasteiger partial charge in [-0.3, -0.25) is 0 Å². The molecule has 0 spiro atoms. The van der Waals surface area contributed by atoms with Gasteiger partial charge >= 0.3 is 6.16 Å². The van der Waals surface area contributed by atoms with Crippen LogP contribution in [0.15, 0.2) is 30.3 Å². The molecule has 1 aliphatic heterocycles. The van der Waals surface area contributed by atoms with Gasteiger partial charge in [-0.25, -0.2) is 13.2 Å². The van der Waals surface area contributed by atoms with Crippen LogP contribution in [0.5, 0.6) is 5.75 Å². The van der Waals surface area contributed by atoms with Gasteiger partial charge in [0.25, 0.3) is 0 Å². The van der Waals surface area contributed by atoms with Crippen LogP contribution in [0.1, 0.15) is 6.42 Å². The second-order valence-corrected chi connectivity index (χ2v) is 6.04. The van der Waals surface area contributed by atoms with E-state index in [1.54, 1.807) is 30.3 Å².